The molecule has 0 bridgehead atoms. The number of nitrogens with zero attached hydrogens (tertiary/aromatic N) is 1. The molecule has 106 valence electrons. The Hall–Kier alpha value is -1.16. The first-order valence-electron chi connectivity index (χ1n) is 6.39. The lowest BCUT2D eigenvalue weighted by molar-refractivity contribution is 0.00578. The Kier molecular flexibility index (Phi) is 3.80. The van der Waals surface area contributed by atoms with E-state index in [1.807, 2.05) is 27.7 Å². The number of aryl methyl sites for hydroxylation is 1. The summed E-state index contributed by atoms with van der Waals surface area (Å²) in [6.45, 7) is 7.96. The van der Waals surface area contributed by atoms with Crippen molar-refractivity contribution in [1.29, 1.82) is 0 Å². The van der Waals surface area contributed by atoms with Gasteiger partial charge in [-0.2, -0.15) is 0 Å². The maximum absolute atomic E-state index is 11.9. The largest absolute Gasteiger partial charge is 0.496 e. The molecule has 2 heterocycles. The molecule has 0 saturated carbocycles. The van der Waals surface area contributed by atoms with Crippen LogP contribution >= 0.6 is 12.6 Å². The van der Waals surface area contributed by atoms with Gasteiger partial charge in [-0.15, -0.1) is 0 Å². The smallest absolute Gasteiger partial charge is 0.399 e. The Morgan fingerprint density at radius 3 is 2.30 bits per heavy atom. The summed E-state index contributed by atoms with van der Waals surface area (Å²) < 4.78 is 13.4. The highest BCUT2D eigenvalue weighted by molar-refractivity contribution is 7.85. The summed E-state index contributed by atoms with van der Waals surface area (Å²) in [5.74, 6) is 2.69. The van der Waals surface area contributed by atoms with Crippen molar-refractivity contribution in [3.63, 3.8) is 0 Å². The molecule has 0 N–H and O–H groups in total. The van der Waals surface area contributed by atoms with E-state index in [-0.39, 0.29) is 5.56 Å². The van der Waals surface area contributed by atoms with Gasteiger partial charge in [-0.1, -0.05) is 12.6 Å². The highest BCUT2D eigenvalue weighted by atomic mass is 32.1. The molecule has 0 unspecified atom stereocenters. The Morgan fingerprint density at radius 2 is 1.80 bits per heavy atom. The molecule has 0 aliphatic carbocycles. The average Bonchev–Trinajstić information content (AvgIpc) is 2.54. The third-order valence-corrected chi connectivity index (χ3v) is 4.03. The highest BCUT2D eigenvalue weighted by Crippen LogP contribution is 2.36. The minimum atomic E-state index is -0.507. The van der Waals surface area contributed by atoms with Crippen LogP contribution in [0.15, 0.2) is 17.1 Å². The van der Waals surface area contributed by atoms with Crippen molar-refractivity contribution < 1.29 is 9.31 Å². The second-order valence-corrected chi connectivity index (χ2v) is 6.15. The molecule has 0 spiro atoms. The predicted octanol–water partition coefficient (Wildman–Crippen LogP) is 0.923. The second-order valence-electron chi connectivity index (χ2n) is 5.93. The molecule has 20 heavy (non-hydrogen) atoms. The van der Waals surface area contributed by atoms with Crippen molar-refractivity contribution in [3.8, 4) is 11.2 Å². The van der Waals surface area contributed by atoms with Crippen LogP contribution in [0.5, 0.6) is 0 Å². The molecule has 1 saturated heterocycles. The lowest BCUT2D eigenvalue weighted by atomic mass is 9.79. The van der Waals surface area contributed by atoms with Crippen LogP contribution in [0.1, 0.15) is 33.3 Å². The van der Waals surface area contributed by atoms with Gasteiger partial charge in [0.25, 0.3) is 5.56 Å². The standard InChI is InChI=1S/C14H18BNO3S/c1-13(2)14(3,4)19-15(18-13)11-8-10(6-7-20)12(17)16(5)9-11/h8-9,20H,1-5H3. The zero-order valence-corrected chi connectivity index (χ0v) is 13.2. The van der Waals surface area contributed by atoms with Crippen molar-refractivity contribution in [2.45, 2.75) is 38.9 Å². The van der Waals surface area contributed by atoms with Crippen LogP contribution in [0.3, 0.4) is 0 Å². The second kappa shape index (κ2) is 4.99. The lowest BCUT2D eigenvalue weighted by Crippen LogP contribution is -2.41. The molecular formula is C14H18BNO3S. The van der Waals surface area contributed by atoms with Gasteiger partial charge in [-0.3, -0.25) is 4.79 Å². The number of hydrogen-bond acceptors (Lipinski definition) is 4. The van der Waals surface area contributed by atoms with E-state index in [1.165, 1.54) is 4.57 Å². The normalized spacial score (nSPS) is 19.6. The molecule has 0 aromatic carbocycles. The fraction of sp³-hybridized carbons (Fsp3) is 0.500. The van der Waals surface area contributed by atoms with E-state index in [0.29, 0.717) is 5.56 Å². The van der Waals surface area contributed by atoms with Crippen LogP contribution in [-0.4, -0.2) is 22.9 Å². The molecule has 1 aromatic heterocycles. The van der Waals surface area contributed by atoms with Crippen molar-refractivity contribution in [3.05, 3.63) is 28.2 Å². The predicted molar refractivity (Wildman–Crippen MR) is 83.3 cm³/mol. The maximum atomic E-state index is 11.9. The third-order valence-electron chi connectivity index (χ3n) is 3.92. The molecule has 1 aliphatic heterocycles. The van der Waals surface area contributed by atoms with Crippen LogP contribution in [0.25, 0.3) is 0 Å². The van der Waals surface area contributed by atoms with Gasteiger partial charge in [-0.25, -0.2) is 0 Å². The number of rotatable bonds is 1. The van der Waals surface area contributed by atoms with Crippen molar-refractivity contribution >= 4 is 25.2 Å². The van der Waals surface area contributed by atoms with E-state index in [9.17, 15) is 4.79 Å². The maximum Gasteiger partial charge on any atom is 0.496 e. The van der Waals surface area contributed by atoms with E-state index in [0.717, 1.165) is 5.46 Å². The molecule has 1 aliphatic rings. The third kappa shape index (κ3) is 2.53. The first kappa shape index (κ1) is 15.2. The van der Waals surface area contributed by atoms with Crippen LogP contribution < -0.4 is 11.0 Å². The van der Waals surface area contributed by atoms with E-state index >= 15 is 0 Å². The van der Waals surface area contributed by atoms with Gasteiger partial charge in [0, 0.05) is 18.7 Å². The van der Waals surface area contributed by atoms with E-state index in [1.54, 1.807) is 19.3 Å². The summed E-state index contributed by atoms with van der Waals surface area (Å²) in [6, 6.07) is 1.70. The fourth-order valence-electron chi connectivity index (χ4n) is 2.00. The quantitative estimate of drug-likeness (QED) is 0.475. The first-order valence-corrected chi connectivity index (χ1v) is 6.84. The van der Waals surface area contributed by atoms with E-state index in [2.05, 4.69) is 23.8 Å². The van der Waals surface area contributed by atoms with Gasteiger partial charge in [0.1, 0.15) is 0 Å². The van der Waals surface area contributed by atoms with Crippen LogP contribution in [0.2, 0.25) is 0 Å². The SMILES string of the molecule is Cn1cc(B2OC(C)(C)C(C)(C)O2)cc(C#CS)c1=O. The van der Waals surface area contributed by atoms with Gasteiger partial charge in [0.2, 0.25) is 0 Å². The van der Waals surface area contributed by atoms with Gasteiger partial charge in [0.15, 0.2) is 0 Å². The van der Waals surface area contributed by atoms with Crippen molar-refractivity contribution in [1.82, 2.24) is 4.57 Å². The number of thiol groups is 1. The van der Waals surface area contributed by atoms with Gasteiger partial charge >= 0.3 is 7.12 Å². The van der Waals surface area contributed by atoms with Crippen molar-refractivity contribution in [2.75, 3.05) is 0 Å². The average molecular weight is 291 g/mol. The van der Waals surface area contributed by atoms with Crippen LogP contribution in [0.4, 0.5) is 0 Å². The summed E-state index contributed by atoms with van der Waals surface area (Å²) >= 11 is 3.84. The fourth-order valence-corrected chi connectivity index (χ4v) is 2.12. The van der Waals surface area contributed by atoms with Gasteiger partial charge in [-0.05, 0) is 44.9 Å². The van der Waals surface area contributed by atoms with Crippen LogP contribution in [-0.2, 0) is 16.4 Å². The minimum absolute atomic E-state index is 0.160. The summed E-state index contributed by atoms with van der Waals surface area (Å²) in [7, 11) is 1.17. The number of hydrogen-bond donors (Lipinski definition) is 1. The molecular weight excluding hydrogens is 273 g/mol. The van der Waals surface area contributed by atoms with E-state index < -0.39 is 18.3 Å². The van der Waals surface area contributed by atoms with Crippen LogP contribution in [0, 0.1) is 11.2 Å². The summed E-state index contributed by atoms with van der Waals surface area (Å²) in [5, 5.41) is 2.45. The molecule has 4 nitrogen and oxygen atoms in total. The Bertz CT molecular complexity index is 639. The number of pyridine rings is 1. The summed E-state index contributed by atoms with van der Waals surface area (Å²) in [5.41, 5.74) is 0.169. The lowest BCUT2D eigenvalue weighted by Gasteiger charge is -2.32. The molecule has 6 heteroatoms. The molecule has 0 atom stereocenters. The molecule has 2 rings (SSSR count). The summed E-state index contributed by atoms with van der Waals surface area (Å²) in [4.78, 5) is 11.9. The monoisotopic (exact) mass is 291 g/mol. The Morgan fingerprint density at radius 1 is 1.25 bits per heavy atom. The molecule has 1 fully saturated rings. The highest BCUT2D eigenvalue weighted by Gasteiger charge is 2.51. The summed E-state index contributed by atoms with van der Waals surface area (Å²) in [6.07, 6.45) is 1.72. The molecule has 1 aromatic rings. The van der Waals surface area contributed by atoms with Gasteiger partial charge < -0.3 is 13.9 Å². The molecule has 0 radical (unpaired) electrons. The van der Waals surface area contributed by atoms with E-state index in [4.69, 9.17) is 9.31 Å². The zero-order chi connectivity index (χ0) is 15.1. The first-order chi connectivity index (χ1) is 9.18. The zero-order valence-electron chi connectivity index (χ0n) is 12.4. The topological polar surface area (TPSA) is 40.5 Å². The van der Waals surface area contributed by atoms with Gasteiger partial charge in [0.05, 0.1) is 16.8 Å². The minimum Gasteiger partial charge on any atom is -0.399 e. The number of aromatic nitrogens is 1. The Labute approximate surface area is 125 Å². The molecule has 0 amide bonds. The Balaban J connectivity index is 2.45. The van der Waals surface area contributed by atoms with Crippen molar-refractivity contribution in [2.24, 2.45) is 7.05 Å².